The number of aryl methyl sites for hydroxylation is 1. The van der Waals surface area contributed by atoms with Gasteiger partial charge in [0, 0.05) is 24.0 Å². The first kappa shape index (κ1) is 18.8. The Labute approximate surface area is 177 Å². The zero-order valence-electron chi connectivity index (χ0n) is 17.0. The highest BCUT2D eigenvalue weighted by Gasteiger charge is 2.25. The molecule has 3 aromatic rings. The first-order valence-electron chi connectivity index (χ1n) is 10.7. The summed E-state index contributed by atoms with van der Waals surface area (Å²) in [5.41, 5.74) is 3.54. The molecule has 2 aliphatic rings. The normalized spacial score (nSPS) is 17.0. The topological polar surface area (TPSA) is 20.6 Å². The quantitative estimate of drug-likeness (QED) is 0.534. The summed E-state index contributed by atoms with van der Waals surface area (Å²) in [5.74, 6) is 1.89. The number of benzene rings is 2. The van der Waals surface area contributed by atoms with Crippen LogP contribution < -0.4 is 9.64 Å². The fourth-order valence-corrected chi connectivity index (χ4v) is 4.95. The summed E-state index contributed by atoms with van der Waals surface area (Å²) >= 11 is 6.38. The number of rotatable bonds is 4. The van der Waals surface area contributed by atoms with Crippen molar-refractivity contribution < 1.29 is 4.74 Å². The minimum Gasteiger partial charge on any atom is -0.453 e. The maximum Gasteiger partial charge on any atom is 0.158 e. The summed E-state index contributed by atoms with van der Waals surface area (Å²) in [7, 11) is 2.14. The van der Waals surface area contributed by atoms with Crippen LogP contribution in [0.25, 0.3) is 10.9 Å². The van der Waals surface area contributed by atoms with Gasteiger partial charge in [-0.05, 0) is 69.2 Å². The van der Waals surface area contributed by atoms with Crippen molar-refractivity contribution in [1.82, 2.24) is 9.47 Å². The van der Waals surface area contributed by atoms with Crippen molar-refractivity contribution in [1.29, 1.82) is 0 Å². The Morgan fingerprint density at radius 2 is 1.83 bits per heavy atom. The van der Waals surface area contributed by atoms with Crippen LogP contribution in [0.1, 0.15) is 31.4 Å². The van der Waals surface area contributed by atoms with E-state index in [-0.39, 0.29) is 0 Å². The third-order valence-corrected chi connectivity index (χ3v) is 6.50. The molecule has 4 nitrogen and oxygen atoms in total. The minimum absolute atomic E-state index is 0.774. The number of para-hydroxylation sites is 2. The SMILES string of the molecule is CN1Cc2c(c3ccc(Cl)cc3n2CCCN2CCCCC2)Oc2ccccc21. The zero-order valence-corrected chi connectivity index (χ0v) is 17.8. The average molecular weight is 410 g/mol. The number of halogens is 1. The van der Waals surface area contributed by atoms with Crippen molar-refractivity contribution in [2.75, 3.05) is 31.6 Å². The smallest absolute Gasteiger partial charge is 0.158 e. The van der Waals surface area contributed by atoms with Crippen LogP contribution in [0.3, 0.4) is 0 Å². The maximum atomic E-state index is 6.49. The molecule has 29 heavy (non-hydrogen) atoms. The third-order valence-electron chi connectivity index (χ3n) is 6.26. The Kier molecular flexibility index (Phi) is 5.15. The minimum atomic E-state index is 0.774. The molecule has 0 spiro atoms. The number of hydrogen-bond acceptors (Lipinski definition) is 3. The van der Waals surface area contributed by atoms with Gasteiger partial charge < -0.3 is 19.1 Å². The predicted molar refractivity (Wildman–Crippen MR) is 120 cm³/mol. The second-order valence-electron chi connectivity index (χ2n) is 8.27. The molecule has 0 N–H and O–H groups in total. The Balaban J connectivity index is 1.50. The summed E-state index contributed by atoms with van der Waals surface area (Å²) in [6.45, 7) is 5.46. The van der Waals surface area contributed by atoms with E-state index in [4.69, 9.17) is 16.3 Å². The molecule has 1 saturated heterocycles. The van der Waals surface area contributed by atoms with Crippen molar-refractivity contribution in [3.63, 3.8) is 0 Å². The second kappa shape index (κ2) is 7.92. The molecule has 5 heteroatoms. The molecule has 0 bridgehead atoms. The van der Waals surface area contributed by atoms with E-state index >= 15 is 0 Å². The van der Waals surface area contributed by atoms with Crippen LogP contribution in [0.4, 0.5) is 5.69 Å². The molecular weight excluding hydrogens is 382 g/mol. The molecule has 0 unspecified atom stereocenters. The summed E-state index contributed by atoms with van der Waals surface area (Å²) in [6.07, 6.45) is 5.21. The van der Waals surface area contributed by atoms with E-state index in [1.54, 1.807) is 0 Å². The summed E-state index contributed by atoms with van der Waals surface area (Å²) in [5, 5.41) is 1.92. The Morgan fingerprint density at radius 3 is 2.69 bits per heavy atom. The Morgan fingerprint density at radius 1 is 1.00 bits per heavy atom. The number of nitrogens with zero attached hydrogens (tertiary/aromatic N) is 3. The van der Waals surface area contributed by atoms with Gasteiger partial charge in [0.1, 0.15) is 0 Å². The van der Waals surface area contributed by atoms with Gasteiger partial charge in [-0.15, -0.1) is 0 Å². The van der Waals surface area contributed by atoms with Crippen LogP contribution in [0.5, 0.6) is 11.5 Å². The maximum absolute atomic E-state index is 6.49. The third kappa shape index (κ3) is 3.60. The molecule has 0 amide bonds. The number of ether oxygens (including phenoxy) is 1. The van der Waals surface area contributed by atoms with Crippen LogP contribution in [-0.2, 0) is 13.1 Å². The first-order valence-corrected chi connectivity index (χ1v) is 11.1. The molecule has 0 radical (unpaired) electrons. The zero-order chi connectivity index (χ0) is 19.8. The van der Waals surface area contributed by atoms with Crippen LogP contribution in [0.15, 0.2) is 42.5 Å². The lowest BCUT2D eigenvalue weighted by atomic mass is 10.1. The lowest BCUT2D eigenvalue weighted by Crippen LogP contribution is -2.31. The highest BCUT2D eigenvalue weighted by molar-refractivity contribution is 6.31. The van der Waals surface area contributed by atoms with Crippen molar-refractivity contribution in [2.24, 2.45) is 0 Å². The molecule has 0 saturated carbocycles. The highest BCUT2D eigenvalue weighted by atomic mass is 35.5. The highest BCUT2D eigenvalue weighted by Crippen LogP contribution is 2.44. The van der Waals surface area contributed by atoms with Crippen molar-refractivity contribution in [3.05, 3.63) is 53.2 Å². The molecule has 2 aliphatic heterocycles. The first-order chi connectivity index (χ1) is 14.2. The number of piperidine rings is 1. The summed E-state index contributed by atoms with van der Waals surface area (Å²) in [4.78, 5) is 4.89. The van der Waals surface area contributed by atoms with Gasteiger partial charge in [-0.2, -0.15) is 0 Å². The summed E-state index contributed by atoms with van der Waals surface area (Å²) in [6, 6.07) is 14.4. The van der Waals surface area contributed by atoms with Crippen LogP contribution >= 0.6 is 11.6 Å². The van der Waals surface area contributed by atoms with Crippen molar-refractivity contribution in [3.8, 4) is 11.5 Å². The largest absolute Gasteiger partial charge is 0.453 e. The molecule has 152 valence electrons. The Bertz CT molecular complexity index is 1020. The number of fused-ring (bicyclic) bond motifs is 4. The van der Waals surface area contributed by atoms with E-state index < -0.39 is 0 Å². The van der Waals surface area contributed by atoms with Gasteiger partial charge in [0.25, 0.3) is 0 Å². The number of aromatic nitrogens is 1. The molecule has 3 heterocycles. The van der Waals surface area contributed by atoms with E-state index in [0.717, 1.165) is 53.7 Å². The average Bonchev–Trinajstić information content (AvgIpc) is 2.91. The van der Waals surface area contributed by atoms with Gasteiger partial charge >= 0.3 is 0 Å². The van der Waals surface area contributed by atoms with Gasteiger partial charge in [0.05, 0.1) is 23.4 Å². The van der Waals surface area contributed by atoms with Crippen LogP contribution in [-0.4, -0.2) is 36.1 Å². The van der Waals surface area contributed by atoms with Crippen molar-refractivity contribution >= 4 is 28.2 Å². The van der Waals surface area contributed by atoms with Gasteiger partial charge in [0.15, 0.2) is 11.5 Å². The fraction of sp³-hybridized carbons (Fsp3) is 0.417. The molecule has 0 atom stereocenters. The molecule has 1 aromatic heterocycles. The Hall–Kier alpha value is -2.17. The van der Waals surface area contributed by atoms with E-state index in [1.807, 2.05) is 12.1 Å². The van der Waals surface area contributed by atoms with Crippen LogP contribution in [0, 0.1) is 0 Å². The molecule has 5 rings (SSSR count). The fourth-order valence-electron chi connectivity index (χ4n) is 4.78. The lowest BCUT2D eigenvalue weighted by molar-refractivity contribution is 0.223. The second-order valence-corrected chi connectivity index (χ2v) is 8.71. The predicted octanol–water partition coefficient (Wildman–Crippen LogP) is 5.91. The number of likely N-dealkylation sites (tertiary alicyclic amines) is 1. The molecule has 0 aliphatic carbocycles. The molecular formula is C24H28ClN3O. The van der Waals surface area contributed by atoms with Crippen LogP contribution in [0.2, 0.25) is 5.02 Å². The summed E-state index contributed by atoms with van der Waals surface area (Å²) < 4.78 is 8.92. The van der Waals surface area contributed by atoms with Gasteiger partial charge in [-0.3, -0.25) is 0 Å². The van der Waals surface area contributed by atoms with Gasteiger partial charge in [-0.25, -0.2) is 0 Å². The van der Waals surface area contributed by atoms with E-state index in [2.05, 4.69) is 51.7 Å². The van der Waals surface area contributed by atoms with Gasteiger partial charge in [-0.1, -0.05) is 30.2 Å². The van der Waals surface area contributed by atoms with E-state index in [9.17, 15) is 0 Å². The molecule has 2 aromatic carbocycles. The number of hydrogen-bond donors (Lipinski definition) is 0. The standard InChI is InChI=1S/C24H28ClN3O/c1-26-17-22-24(29-23-9-4-3-8-20(23)26)19-11-10-18(25)16-21(19)28(22)15-7-14-27-12-5-2-6-13-27/h3-4,8-11,16H,2,5-7,12-15,17H2,1H3. The van der Waals surface area contributed by atoms with Gasteiger partial charge in [0.2, 0.25) is 0 Å². The monoisotopic (exact) mass is 409 g/mol. The van der Waals surface area contributed by atoms with Crippen molar-refractivity contribution in [2.45, 2.75) is 38.8 Å². The van der Waals surface area contributed by atoms with E-state index in [1.165, 1.54) is 43.6 Å². The lowest BCUT2D eigenvalue weighted by Gasteiger charge is -2.26. The molecule has 1 fully saturated rings. The number of anilines is 1. The van der Waals surface area contributed by atoms with E-state index in [0.29, 0.717) is 0 Å².